The molecule has 2 aromatic rings. The van der Waals surface area contributed by atoms with Crippen molar-refractivity contribution in [3.63, 3.8) is 0 Å². The van der Waals surface area contributed by atoms with Crippen LogP contribution in [0.5, 0.6) is 5.88 Å². The summed E-state index contributed by atoms with van der Waals surface area (Å²) >= 11 is 0. The Morgan fingerprint density at radius 3 is 3.12 bits per heavy atom. The number of carbonyl (C=O) groups excluding carboxylic acids is 1. The molecule has 0 bridgehead atoms. The molecule has 1 spiro atoms. The molecule has 25 heavy (non-hydrogen) atoms. The number of hydrogen-bond acceptors (Lipinski definition) is 5. The molecule has 0 aromatic carbocycles. The van der Waals surface area contributed by atoms with Crippen molar-refractivity contribution in [3.05, 3.63) is 42.4 Å². The van der Waals surface area contributed by atoms with Crippen molar-refractivity contribution in [1.82, 2.24) is 19.7 Å². The summed E-state index contributed by atoms with van der Waals surface area (Å²) in [5.41, 5.74) is 0.314. The normalized spacial score (nSPS) is 26.1. The summed E-state index contributed by atoms with van der Waals surface area (Å²) in [6.45, 7) is 1.89. The Morgan fingerprint density at radius 1 is 1.44 bits per heavy atom. The number of rotatable bonds is 3. The number of carbonyl (C=O) groups is 1. The molecule has 2 aromatic heterocycles. The second-order valence-electron chi connectivity index (χ2n) is 6.84. The highest BCUT2D eigenvalue weighted by atomic mass is 16.6. The number of piperidine rings is 1. The van der Waals surface area contributed by atoms with Crippen LogP contribution in [0.1, 0.15) is 29.6 Å². The molecule has 0 N–H and O–H groups in total. The Labute approximate surface area is 146 Å². The monoisotopic (exact) mass is 342 g/mol. The molecule has 2 atom stereocenters. The van der Waals surface area contributed by atoms with E-state index >= 15 is 0 Å². The van der Waals surface area contributed by atoms with E-state index in [-0.39, 0.29) is 17.6 Å². The van der Waals surface area contributed by atoms with Gasteiger partial charge in [0, 0.05) is 38.5 Å². The van der Waals surface area contributed by atoms with Gasteiger partial charge in [0.2, 0.25) is 5.88 Å². The highest BCUT2D eigenvalue weighted by Crippen LogP contribution is 2.36. The third-order valence-corrected chi connectivity index (χ3v) is 4.88. The molecule has 0 unspecified atom stereocenters. The fraction of sp³-hybridized carbons (Fsp3) is 0.500. The number of amides is 1. The van der Waals surface area contributed by atoms with Crippen molar-refractivity contribution < 1.29 is 14.3 Å². The number of nitrogens with zero attached hydrogens (tertiary/aromatic N) is 4. The van der Waals surface area contributed by atoms with Gasteiger partial charge in [0.15, 0.2) is 0 Å². The molecule has 4 heterocycles. The van der Waals surface area contributed by atoms with E-state index in [1.807, 2.05) is 30.1 Å². The first-order chi connectivity index (χ1) is 12.1. The van der Waals surface area contributed by atoms with Crippen LogP contribution in [-0.2, 0) is 11.8 Å². The zero-order valence-electron chi connectivity index (χ0n) is 14.3. The molecule has 132 valence electrons. The largest absolute Gasteiger partial charge is 0.472 e. The minimum Gasteiger partial charge on any atom is -0.472 e. The zero-order valence-corrected chi connectivity index (χ0v) is 14.3. The second kappa shape index (κ2) is 6.48. The van der Waals surface area contributed by atoms with E-state index in [0.29, 0.717) is 24.6 Å². The van der Waals surface area contributed by atoms with Crippen LogP contribution in [0.3, 0.4) is 0 Å². The standard InChI is InChI=1S/C18H22N4O3/c1-21-11-14(10-20-21)17(23)22-8-4-6-18(13-22)9-15(12-24-18)25-16-5-2-3-7-19-16/h2-3,5,7,10-11,15H,4,6,8-9,12-13H2,1H3/t15-,18+/m0/s1. The Balaban J connectivity index is 1.41. The quantitative estimate of drug-likeness (QED) is 0.848. The Hall–Kier alpha value is -2.41. The molecule has 2 saturated heterocycles. The van der Waals surface area contributed by atoms with Crippen LogP contribution < -0.4 is 4.74 Å². The van der Waals surface area contributed by atoms with Crippen molar-refractivity contribution in [1.29, 1.82) is 0 Å². The molecule has 4 rings (SSSR count). The first-order valence-corrected chi connectivity index (χ1v) is 8.63. The first-order valence-electron chi connectivity index (χ1n) is 8.63. The predicted molar refractivity (Wildman–Crippen MR) is 90.3 cm³/mol. The fourth-order valence-electron chi connectivity index (χ4n) is 3.74. The molecule has 1 amide bonds. The number of aromatic nitrogens is 3. The van der Waals surface area contributed by atoms with Gasteiger partial charge in [-0.05, 0) is 18.9 Å². The molecule has 2 aliphatic heterocycles. The lowest BCUT2D eigenvalue weighted by Gasteiger charge is -2.39. The average molecular weight is 342 g/mol. The molecule has 7 heteroatoms. The number of likely N-dealkylation sites (tertiary alicyclic amines) is 1. The molecule has 0 saturated carbocycles. The highest BCUT2D eigenvalue weighted by Gasteiger charge is 2.45. The molecular weight excluding hydrogens is 320 g/mol. The van der Waals surface area contributed by atoms with E-state index in [9.17, 15) is 4.79 Å². The van der Waals surface area contributed by atoms with Gasteiger partial charge in [0.1, 0.15) is 6.10 Å². The number of pyridine rings is 1. The van der Waals surface area contributed by atoms with Crippen molar-refractivity contribution in [3.8, 4) is 5.88 Å². The maximum Gasteiger partial charge on any atom is 0.257 e. The summed E-state index contributed by atoms with van der Waals surface area (Å²) in [6, 6.07) is 5.62. The topological polar surface area (TPSA) is 69.5 Å². The average Bonchev–Trinajstić information content (AvgIpc) is 3.22. The van der Waals surface area contributed by atoms with E-state index in [2.05, 4.69) is 10.1 Å². The summed E-state index contributed by atoms with van der Waals surface area (Å²) in [6.07, 6.45) is 7.73. The van der Waals surface area contributed by atoms with E-state index in [1.54, 1.807) is 23.3 Å². The molecular formula is C18H22N4O3. The van der Waals surface area contributed by atoms with Gasteiger partial charge in [-0.25, -0.2) is 4.98 Å². The highest BCUT2D eigenvalue weighted by molar-refractivity contribution is 5.93. The van der Waals surface area contributed by atoms with Crippen molar-refractivity contribution in [2.75, 3.05) is 19.7 Å². The van der Waals surface area contributed by atoms with Crippen LogP contribution >= 0.6 is 0 Å². The van der Waals surface area contributed by atoms with Crippen LogP contribution in [0.4, 0.5) is 0 Å². The minimum atomic E-state index is -0.310. The lowest BCUT2D eigenvalue weighted by molar-refractivity contribution is -0.0453. The lowest BCUT2D eigenvalue weighted by Crippen LogP contribution is -2.50. The number of ether oxygens (including phenoxy) is 2. The van der Waals surface area contributed by atoms with E-state index in [4.69, 9.17) is 9.47 Å². The lowest BCUT2D eigenvalue weighted by atomic mass is 9.89. The van der Waals surface area contributed by atoms with Gasteiger partial charge in [-0.2, -0.15) is 5.10 Å². The Morgan fingerprint density at radius 2 is 2.36 bits per heavy atom. The second-order valence-corrected chi connectivity index (χ2v) is 6.84. The molecule has 7 nitrogen and oxygen atoms in total. The van der Waals surface area contributed by atoms with E-state index in [0.717, 1.165) is 25.8 Å². The fourth-order valence-corrected chi connectivity index (χ4v) is 3.74. The zero-order chi connectivity index (χ0) is 17.3. The van der Waals surface area contributed by atoms with Gasteiger partial charge in [-0.3, -0.25) is 9.48 Å². The van der Waals surface area contributed by atoms with Crippen LogP contribution in [0, 0.1) is 0 Å². The molecule has 0 radical (unpaired) electrons. The van der Waals surface area contributed by atoms with Gasteiger partial charge in [-0.15, -0.1) is 0 Å². The summed E-state index contributed by atoms with van der Waals surface area (Å²) < 4.78 is 13.7. The Kier molecular flexibility index (Phi) is 4.17. The predicted octanol–water partition coefficient (Wildman–Crippen LogP) is 1.66. The minimum absolute atomic E-state index is 0.0184. The summed E-state index contributed by atoms with van der Waals surface area (Å²) in [4.78, 5) is 18.8. The van der Waals surface area contributed by atoms with Crippen LogP contribution in [0.2, 0.25) is 0 Å². The van der Waals surface area contributed by atoms with Crippen LogP contribution in [0.15, 0.2) is 36.8 Å². The number of hydrogen-bond donors (Lipinski definition) is 0. The van der Waals surface area contributed by atoms with Gasteiger partial charge in [0.25, 0.3) is 5.91 Å². The summed E-state index contributed by atoms with van der Waals surface area (Å²) in [5.74, 6) is 0.636. The maximum atomic E-state index is 12.7. The third kappa shape index (κ3) is 3.37. The van der Waals surface area contributed by atoms with Crippen LogP contribution in [-0.4, -0.2) is 57.0 Å². The van der Waals surface area contributed by atoms with Gasteiger partial charge in [0.05, 0.1) is 30.5 Å². The SMILES string of the molecule is Cn1cc(C(=O)N2CCC[C@@]3(C[C@H](Oc4ccccn4)CO3)C2)cn1. The van der Waals surface area contributed by atoms with Gasteiger partial charge < -0.3 is 14.4 Å². The molecule has 2 fully saturated rings. The molecule has 0 aliphatic carbocycles. The smallest absolute Gasteiger partial charge is 0.257 e. The summed E-state index contributed by atoms with van der Waals surface area (Å²) in [7, 11) is 1.81. The maximum absolute atomic E-state index is 12.7. The van der Waals surface area contributed by atoms with Crippen molar-refractivity contribution >= 4 is 5.91 Å². The molecule has 2 aliphatic rings. The van der Waals surface area contributed by atoms with Gasteiger partial charge >= 0.3 is 0 Å². The van der Waals surface area contributed by atoms with Crippen molar-refractivity contribution in [2.24, 2.45) is 7.05 Å². The van der Waals surface area contributed by atoms with E-state index in [1.165, 1.54) is 0 Å². The van der Waals surface area contributed by atoms with Crippen molar-refractivity contribution in [2.45, 2.75) is 31.0 Å². The van der Waals surface area contributed by atoms with Crippen LogP contribution in [0.25, 0.3) is 0 Å². The van der Waals surface area contributed by atoms with E-state index < -0.39 is 0 Å². The van der Waals surface area contributed by atoms with Gasteiger partial charge in [-0.1, -0.05) is 6.07 Å². The summed E-state index contributed by atoms with van der Waals surface area (Å²) in [5, 5.41) is 4.09. The Bertz CT molecular complexity index is 748. The third-order valence-electron chi connectivity index (χ3n) is 4.88. The first kappa shape index (κ1) is 16.1. The number of aryl methyl sites for hydroxylation is 1.